The molecule has 2 heterocycles. The third-order valence-electron chi connectivity index (χ3n) is 4.96. The van der Waals surface area contributed by atoms with Crippen LogP contribution in [0.15, 0.2) is 18.2 Å². The number of fused-ring (bicyclic) bond motifs is 1. The fourth-order valence-corrected chi connectivity index (χ4v) is 4.50. The highest BCUT2D eigenvalue weighted by atomic mass is 35.5. The first-order valence-corrected chi connectivity index (χ1v) is 9.74. The number of aromatic nitrogens is 1. The predicted molar refractivity (Wildman–Crippen MR) is 97.3 cm³/mol. The number of anilines is 1. The van der Waals surface area contributed by atoms with E-state index in [4.69, 9.17) is 11.6 Å². The van der Waals surface area contributed by atoms with Gasteiger partial charge >= 0.3 is 0 Å². The molecule has 132 valence electrons. The summed E-state index contributed by atoms with van der Waals surface area (Å²) in [5, 5.41) is 4.10. The lowest BCUT2D eigenvalue weighted by Crippen LogP contribution is -2.29. The van der Waals surface area contributed by atoms with Gasteiger partial charge in [0.05, 0.1) is 5.69 Å². The third kappa shape index (κ3) is 3.57. The number of rotatable bonds is 4. The average Bonchev–Trinajstić information content (AvgIpc) is 2.90. The lowest BCUT2D eigenvalue weighted by atomic mass is 9.85. The maximum atomic E-state index is 14.0. The molecular formula is C18H19ClFN3OS. The minimum atomic E-state index is -0.268. The number of halogens is 2. The number of nitrogens with one attached hydrogen (secondary N) is 1. The van der Waals surface area contributed by atoms with Crippen molar-refractivity contribution in [3.8, 4) is 0 Å². The van der Waals surface area contributed by atoms with Crippen molar-refractivity contribution in [2.45, 2.75) is 38.8 Å². The zero-order valence-corrected chi connectivity index (χ0v) is 15.3. The molecule has 25 heavy (non-hydrogen) atoms. The Hall–Kier alpha value is -1.50. The monoisotopic (exact) mass is 379 g/mol. The van der Waals surface area contributed by atoms with E-state index in [1.807, 2.05) is 0 Å². The van der Waals surface area contributed by atoms with E-state index in [0.717, 1.165) is 42.8 Å². The molecule has 0 unspecified atom stereocenters. The van der Waals surface area contributed by atoms with Crippen LogP contribution in [0.5, 0.6) is 0 Å². The van der Waals surface area contributed by atoms with Crippen LogP contribution in [0.25, 0.3) is 0 Å². The van der Waals surface area contributed by atoms with Crippen molar-refractivity contribution in [3.05, 3.63) is 45.2 Å². The normalized spacial score (nSPS) is 17.8. The fraction of sp³-hybridized carbons (Fsp3) is 0.444. The van der Waals surface area contributed by atoms with Gasteiger partial charge in [0.2, 0.25) is 5.91 Å². The molecule has 1 amide bonds. The Kier molecular flexibility index (Phi) is 4.75. The Balaban J connectivity index is 1.43. The molecular weight excluding hydrogens is 361 g/mol. The van der Waals surface area contributed by atoms with Crippen molar-refractivity contribution in [1.29, 1.82) is 0 Å². The molecule has 0 saturated heterocycles. The second-order valence-corrected chi connectivity index (χ2v) is 8.16. The van der Waals surface area contributed by atoms with E-state index in [2.05, 4.69) is 15.2 Å². The van der Waals surface area contributed by atoms with Crippen molar-refractivity contribution < 1.29 is 9.18 Å². The summed E-state index contributed by atoms with van der Waals surface area (Å²) >= 11 is 7.66. The largest absolute Gasteiger partial charge is 0.302 e. The van der Waals surface area contributed by atoms with E-state index in [-0.39, 0.29) is 17.6 Å². The molecule has 1 aromatic heterocycles. The smallest absolute Gasteiger partial charge is 0.229 e. The van der Waals surface area contributed by atoms with Crippen LogP contribution < -0.4 is 5.32 Å². The Morgan fingerprint density at radius 3 is 3.00 bits per heavy atom. The zero-order chi connectivity index (χ0) is 17.4. The van der Waals surface area contributed by atoms with Crippen LogP contribution in [0, 0.1) is 11.7 Å². The minimum absolute atomic E-state index is 0.0901. The van der Waals surface area contributed by atoms with Gasteiger partial charge in [-0.3, -0.25) is 9.69 Å². The summed E-state index contributed by atoms with van der Waals surface area (Å²) in [5.41, 5.74) is 1.58. The van der Waals surface area contributed by atoms with Crippen LogP contribution in [-0.2, 0) is 24.3 Å². The summed E-state index contributed by atoms with van der Waals surface area (Å²) in [6.07, 6.45) is 3.90. The summed E-state index contributed by atoms with van der Waals surface area (Å²) in [5.74, 6) is -0.0241. The van der Waals surface area contributed by atoms with Crippen LogP contribution >= 0.6 is 22.9 Å². The van der Waals surface area contributed by atoms with Gasteiger partial charge in [0.25, 0.3) is 0 Å². The molecule has 7 heteroatoms. The van der Waals surface area contributed by atoms with Crippen molar-refractivity contribution in [2.75, 3.05) is 11.9 Å². The van der Waals surface area contributed by atoms with Gasteiger partial charge in [-0.15, -0.1) is 11.3 Å². The molecule has 0 radical (unpaired) electrons. The van der Waals surface area contributed by atoms with Gasteiger partial charge in [0.15, 0.2) is 5.13 Å². The Bertz CT molecular complexity index is 785. The Morgan fingerprint density at radius 1 is 1.44 bits per heavy atom. The maximum absolute atomic E-state index is 14.0. The van der Waals surface area contributed by atoms with Gasteiger partial charge in [-0.05, 0) is 25.0 Å². The van der Waals surface area contributed by atoms with E-state index < -0.39 is 0 Å². The van der Waals surface area contributed by atoms with E-state index in [1.54, 1.807) is 12.1 Å². The summed E-state index contributed by atoms with van der Waals surface area (Å²) in [4.78, 5) is 20.0. The molecule has 1 N–H and O–H groups in total. The summed E-state index contributed by atoms with van der Waals surface area (Å²) in [7, 11) is 0. The molecule has 0 bridgehead atoms. The molecule has 1 aromatic carbocycles. The molecule has 1 fully saturated rings. The number of benzene rings is 1. The Labute approximate surface area is 155 Å². The van der Waals surface area contributed by atoms with Gasteiger partial charge in [-0.2, -0.15) is 0 Å². The van der Waals surface area contributed by atoms with Crippen LogP contribution in [-0.4, -0.2) is 22.3 Å². The number of thiazole rings is 1. The third-order valence-corrected chi connectivity index (χ3v) is 6.31. The number of carbonyl (C=O) groups is 1. The first-order chi connectivity index (χ1) is 12.1. The lowest BCUT2D eigenvalue weighted by molar-refractivity contribution is -0.122. The van der Waals surface area contributed by atoms with E-state index in [1.165, 1.54) is 17.4 Å². The highest BCUT2D eigenvalue weighted by Gasteiger charge is 2.27. The number of amides is 1. The second-order valence-electron chi connectivity index (χ2n) is 6.67. The van der Waals surface area contributed by atoms with Crippen LogP contribution in [0.4, 0.5) is 9.52 Å². The summed E-state index contributed by atoms with van der Waals surface area (Å²) in [6, 6.07) is 4.78. The average molecular weight is 380 g/mol. The molecule has 4 nitrogen and oxygen atoms in total. The quantitative estimate of drug-likeness (QED) is 0.864. The van der Waals surface area contributed by atoms with E-state index in [9.17, 15) is 9.18 Å². The van der Waals surface area contributed by atoms with Crippen LogP contribution in [0.1, 0.15) is 35.4 Å². The van der Waals surface area contributed by atoms with Crippen LogP contribution in [0.3, 0.4) is 0 Å². The molecule has 0 atom stereocenters. The first kappa shape index (κ1) is 16.9. The standard InChI is InChI=1S/C18H19ClFN3OS/c19-13-5-2-6-14(20)12(13)9-23-8-7-15-16(10-23)25-18(21-15)22-17(24)11-3-1-4-11/h2,5-6,11H,1,3-4,7-10H2,(H,21,22,24). The van der Waals surface area contributed by atoms with Gasteiger partial charge in [0, 0.05) is 47.4 Å². The Morgan fingerprint density at radius 2 is 2.28 bits per heavy atom. The predicted octanol–water partition coefficient (Wildman–Crippen LogP) is 4.23. The summed E-state index contributed by atoms with van der Waals surface area (Å²) < 4.78 is 14.0. The van der Waals surface area contributed by atoms with Gasteiger partial charge < -0.3 is 5.32 Å². The maximum Gasteiger partial charge on any atom is 0.229 e. The molecule has 2 aromatic rings. The number of hydrogen-bond acceptors (Lipinski definition) is 4. The zero-order valence-electron chi connectivity index (χ0n) is 13.7. The highest BCUT2D eigenvalue weighted by Crippen LogP contribution is 2.32. The van der Waals surface area contributed by atoms with Crippen molar-refractivity contribution >= 4 is 34.0 Å². The van der Waals surface area contributed by atoms with Crippen molar-refractivity contribution in [3.63, 3.8) is 0 Å². The molecule has 1 saturated carbocycles. The van der Waals surface area contributed by atoms with Crippen molar-refractivity contribution in [1.82, 2.24) is 9.88 Å². The molecule has 4 rings (SSSR count). The van der Waals surface area contributed by atoms with E-state index in [0.29, 0.717) is 28.8 Å². The molecule has 0 spiro atoms. The second kappa shape index (κ2) is 7.02. The number of hydrogen-bond donors (Lipinski definition) is 1. The SMILES string of the molecule is O=C(Nc1nc2c(s1)CN(Cc1c(F)cccc1Cl)CC2)C1CCC1. The molecule has 1 aliphatic carbocycles. The molecule has 1 aliphatic heterocycles. The van der Waals surface area contributed by atoms with E-state index >= 15 is 0 Å². The lowest BCUT2D eigenvalue weighted by Gasteiger charge is -2.26. The first-order valence-electron chi connectivity index (χ1n) is 8.55. The number of nitrogens with zero attached hydrogens (tertiary/aromatic N) is 2. The fourth-order valence-electron chi connectivity index (χ4n) is 3.22. The van der Waals surface area contributed by atoms with Crippen LogP contribution in [0.2, 0.25) is 5.02 Å². The van der Waals surface area contributed by atoms with Gasteiger partial charge in [0.1, 0.15) is 5.82 Å². The minimum Gasteiger partial charge on any atom is -0.302 e. The summed E-state index contributed by atoms with van der Waals surface area (Å²) in [6.45, 7) is 1.99. The van der Waals surface area contributed by atoms with Gasteiger partial charge in [-0.25, -0.2) is 9.37 Å². The number of carbonyl (C=O) groups excluding carboxylic acids is 1. The highest BCUT2D eigenvalue weighted by molar-refractivity contribution is 7.15. The molecule has 2 aliphatic rings. The topological polar surface area (TPSA) is 45.2 Å². The van der Waals surface area contributed by atoms with Crippen molar-refractivity contribution in [2.24, 2.45) is 5.92 Å². The van der Waals surface area contributed by atoms with Gasteiger partial charge in [-0.1, -0.05) is 24.1 Å².